The molecule has 22 heavy (non-hydrogen) atoms. The van der Waals surface area contributed by atoms with Gasteiger partial charge in [-0.15, -0.1) is 0 Å². The van der Waals surface area contributed by atoms with Gasteiger partial charge < -0.3 is 14.3 Å². The molecule has 0 bridgehead atoms. The highest BCUT2D eigenvalue weighted by atomic mass is 28.4. The van der Waals surface area contributed by atoms with Crippen LogP contribution in [-0.2, 0) is 14.0 Å². The number of esters is 1. The van der Waals surface area contributed by atoms with Gasteiger partial charge in [0.2, 0.25) is 0 Å². The molecule has 1 fully saturated rings. The van der Waals surface area contributed by atoms with Crippen molar-refractivity contribution in [3.05, 3.63) is 0 Å². The predicted octanol–water partition coefficient (Wildman–Crippen LogP) is 3.88. The molecule has 0 spiro atoms. The van der Waals surface area contributed by atoms with Crippen molar-refractivity contribution in [2.75, 3.05) is 6.61 Å². The molecule has 0 amide bonds. The number of rotatable bonds is 5. The SMILES string of the molecule is CCOC(=O)C[C@]1(O)C[C@@H](O[Si](C)(C)C(C)(C)C)CC[C@@H]1C. The van der Waals surface area contributed by atoms with Crippen LogP contribution in [0.15, 0.2) is 0 Å². The smallest absolute Gasteiger partial charge is 0.308 e. The standard InChI is InChI=1S/C17H34O4Si/c1-8-20-15(18)12-17(19)11-14(10-9-13(17)2)21-22(6,7)16(3,4)5/h13-14,19H,8-12H2,1-7H3/t13-,14-,17+/m0/s1. The summed E-state index contributed by atoms with van der Waals surface area (Å²) >= 11 is 0. The van der Waals surface area contributed by atoms with Gasteiger partial charge in [-0.1, -0.05) is 27.7 Å². The van der Waals surface area contributed by atoms with Crippen LogP contribution in [0.5, 0.6) is 0 Å². The summed E-state index contributed by atoms with van der Waals surface area (Å²) in [5, 5.41) is 11.1. The molecular weight excluding hydrogens is 296 g/mol. The average molecular weight is 331 g/mol. The Morgan fingerprint density at radius 1 is 1.32 bits per heavy atom. The second-order valence-electron chi connectivity index (χ2n) is 8.27. The minimum absolute atomic E-state index is 0.0384. The maximum atomic E-state index is 11.8. The Labute approximate surface area is 136 Å². The van der Waals surface area contributed by atoms with Gasteiger partial charge in [-0.3, -0.25) is 4.79 Å². The van der Waals surface area contributed by atoms with Gasteiger partial charge in [0, 0.05) is 12.5 Å². The van der Waals surface area contributed by atoms with Crippen molar-refractivity contribution in [1.29, 1.82) is 0 Å². The van der Waals surface area contributed by atoms with Crippen LogP contribution in [0.4, 0.5) is 0 Å². The summed E-state index contributed by atoms with van der Waals surface area (Å²) in [4.78, 5) is 11.8. The first-order valence-corrected chi connectivity index (χ1v) is 11.4. The Balaban J connectivity index is 2.76. The lowest BCUT2D eigenvalue weighted by Gasteiger charge is -2.46. The molecule has 0 saturated heterocycles. The number of hydrogen-bond donors (Lipinski definition) is 1. The van der Waals surface area contributed by atoms with E-state index < -0.39 is 13.9 Å². The molecule has 1 N–H and O–H groups in total. The Kier molecular flexibility index (Phi) is 6.27. The van der Waals surface area contributed by atoms with Crippen molar-refractivity contribution in [2.24, 2.45) is 5.92 Å². The Bertz CT molecular complexity index is 389. The molecule has 0 heterocycles. The van der Waals surface area contributed by atoms with Crippen molar-refractivity contribution in [3.63, 3.8) is 0 Å². The third kappa shape index (κ3) is 4.80. The molecule has 1 aliphatic rings. The number of aliphatic hydroxyl groups is 1. The Morgan fingerprint density at radius 3 is 2.41 bits per heavy atom. The van der Waals surface area contributed by atoms with E-state index in [0.29, 0.717) is 13.0 Å². The zero-order chi connectivity index (χ0) is 17.2. The van der Waals surface area contributed by atoms with E-state index in [1.807, 2.05) is 6.92 Å². The molecule has 1 aliphatic carbocycles. The van der Waals surface area contributed by atoms with E-state index in [4.69, 9.17) is 9.16 Å². The lowest BCUT2D eigenvalue weighted by atomic mass is 9.73. The average Bonchev–Trinajstić information content (AvgIpc) is 2.32. The minimum atomic E-state index is -1.86. The molecule has 0 unspecified atom stereocenters. The van der Waals surface area contributed by atoms with Gasteiger partial charge in [0.1, 0.15) is 0 Å². The van der Waals surface area contributed by atoms with E-state index in [1.165, 1.54) is 0 Å². The maximum Gasteiger partial charge on any atom is 0.308 e. The normalized spacial score (nSPS) is 30.2. The summed E-state index contributed by atoms with van der Waals surface area (Å²) in [6.07, 6.45) is 2.48. The number of hydrogen-bond acceptors (Lipinski definition) is 4. The highest BCUT2D eigenvalue weighted by Gasteiger charge is 2.46. The first kappa shape index (κ1) is 19.7. The number of carbonyl (C=O) groups is 1. The van der Waals surface area contributed by atoms with Crippen LogP contribution >= 0.6 is 0 Å². The van der Waals surface area contributed by atoms with E-state index in [-0.39, 0.29) is 29.5 Å². The summed E-state index contributed by atoms with van der Waals surface area (Å²) in [5.41, 5.74) is -1.00. The van der Waals surface area contributed by atoms with Crippen LogP contribution in [0.3, 0.4) is 0 Å². The first-order chi connectivity index (χ1) is 9.91. The zero-order valence-electron chi connectivity index (χ0n) is 15.4. The molecule has 0 aromatic rings. The van der Waals surface area contributed by atoms with Crippen molar-refractivity contribution >= 4 is 14.3 Å². The van der Waals surface area contributed by atoms with Crippen molar-refractivity contribution in [2.45, 2.75) is 90.1 Å². The summed E-state index contributed by atoms with van der Waals surface area (Å²) in [6, 6.07) is 0. The van der Waals surface area contributed by atoms with E-state index in [2.05, 4.69) is 33.9 Å². The summed E-state index contributed by atoms with van der Waals surface area (Å²) in [5.74, 6) is -0.221. The van der Waals surface area contributed by atoms with Gasteiger partial charge in [0.15, 0.2) is 8.32 Å². The van der Waals surface area contributed by atoms with Crippen molar-refractivity contribution in [1.82, 2.24) is 0 Å². The lowest BCUT2D eigenvalue weighted by Crippen LogP contribution is -2.51. The molecule has 130 valence electrons. The summed E-state index contributed by atoms with van der Waals surface area (Å²) < 4.78 is 11.5. The molecule has 4 nitrogen and oxygen atoms in total. The van der Waals surface area contributed by atoms with E-state index in [1.54, 1.807) is 6.92 Å². The highest BCUT2D eigenvalue weighted by Crippen LogP contribution is 2.42. The number of ether oxygens (including phenoxy) is 1. The van der Waals surface area contributed by atoms with Crippen molar-refractivity contribution < 1.29 is 19.1 Å². The van der Waals surface area contributed by atoms with E-state index >= 15 is 0 Å². The topological polar surface area (TPSA) is 55.8 Å². The second-order valence-corrected chi connectivity index (χ2v) is 13.0. The third-order valence-electron chi connectivity index (χ3n) is 5.44. The maximum absolute atomic E-state index is 11.8. The first-order valence-electron chi connectivity index (χ1n) is 8.47. The van der Waals surface area contributed by atoms with Crippen LogP contribution in [0.2, 0.25) is 18.1 Å². The van der Waals surface area contributed by atoms with Gasteiger partial charge in [0.05, 0.1) is 18.6 Å². The molecule has 1 saturated carbocycles. The summed E-state index contributed by atoms with van der Waals surface area (Å²) in [7, 11) is -1.86. The third-order valence-corrected chi connectivity index (χ3v) is 9.98. The van der Waals surface area contributed by atoms with Gasteiger partial charge in [-0.05, 0) is 43.8 Å². The quantitative estimate of drug-likeness (QED) is 0.614. The van der Waals surface area contributed by atoms with Crippen LogP contribution < -0.4 is 0 Å². The summed E-state index contributed by atoms with van der Waals surface area (Å²) in [6.45, 7) is 15.3. The number of carbonyl (C=O) groups excluding carboxylic acids is 1. The molecular formula is C17H34O4Si. The predicted molar refractivity (Wildman–Crippen MR) is 91.3 cm³/mol. The fraction of sp³-hybridized carbons (Fsp3) is 0.941. The second kappa shape index (κ2) is 7.01. The van der Waals surface area contributed by atoms with Crippen LogP contribution in [0.1, 0.15) is 60.3 Å². The fourth-order valence-corrected chi connectivity index (χ4v) is 4.19. The zero-order valence-corrected chi connectivity index (χ0v) is 16.4. The molecule has 1 rings (SSSR count). The van der Waals surface area contributed by atoms with E-state index in [0.717, 1.165) is 12.8 Å². The molecule has 0 aromatic heterocycles. The van der Waals surface area contributed by atoms with Gasteiger partial charge in [0.25, 0.3) is 0 Å². The molecule has 3 atom stereocenters. The Morgan fingerprint density at radius 2 is 1.91 bits per heavy atom. The van der Waals surface area contributed by atoms with Gasteiger partial charge in [-0.2, -0.15) is 0 Å². The molecule has 5 heteroatoms. The van der Waals surface area contributed by atoms with Crippen LogP contribution in [0.25, 0.3) is 0 Å². The van der Waals surface area contributed by atoms with Crippen LogP contribution in [0, 0.1) is 5.92 Å². The minimum Gasteiger partial charge on any atom is -0.466 e. The van der Waals surface area contributed by atoms with Gasteiger partial charge >= 0.3 is 5.97 Å². The lowest BCUT2D eigenvalue weighted by molar-refractivity contribution is -0.155. The van der Waals surface area contributed by atoms with E-state index in [9.17, 15) is 9.90 Å². The monoisotopic (exact) mass is 330 g/mol. The highest BCUT2D eigenvalue weighted by molar-refractivity contribution is 6.74. The largest absolute Gasteiger partial charge is 0.466 e. The fourth-order valence-electron chi connectivity index (χ4n) is 2.80. The Hall–Kier alpha value is -0.393. The molecule has 0 aromatic carbocycles. The van der Waals surface area contributed by atoms with Crippen LogP contribution in [-0.4, -0.2) is 37.7 Å². The molecule has 0 radical (unpaired) electrons. The van der Waals surface area contributed by atoms with Crippen molar-refractivity contribution in [3.8, 4) is 0 Å². The molecule has 0 aliphatic heterocycles. The van der Waals surface area contributed by atoms with Gasteiger partial charge in [-0.25, -0.2) is 0 Å².